The molecule has 0 unspecified atom stereocenters. The summed E-state index contributed by atoms with van der Waals surface area (Å²) in [5.74, 6) is 0. The summed E-state index contributed by atoms with van der Waals surface area (Å²) in [7, 11) is 0. The first-order chi connectivity index (χ1) is 4.84. The van der Waals surface area contributed by atoms with Gasteiger partial charge in [-0.3, -0.25) is 4.90 Å². The van der Waals surface area contributed by atoms with Gasteiger partial charge in [0, 0.05) is 19.1 Å². The molecule has 0 aliphatic carbocycles. The van der Waals surface area contributed by atoms with Crippen LogP contribution in [0, 0.1) is 0 Å². The molecule has 10 heavy (non-hydrogen) atoms. The standard InChI is InChI=1S/C8H17NO/c1-3-8(2)9-4-6-10-7-5-9/h8H,3-7H2,1-2H3/t8-/m1/s1. The summed E-state index contributed by atoms with van der Waals surface area (Å²) in [6.45, 7) is 8.60. The van der Waals surface area contributed by atoms with Crippen molar-refractivity contribution in [1.82, 2.24) is 4.90 Å². The molecular weight excluding hydrogens is 126 g/mol. The molecule has 1 aliphatic heterocycles. The van der Waals surface area contributed by atoms with E-state index >= 15 is 0 Å². The van der Waals surface area contributed by atoms with Crippen LogP contribution in [0.25, 0.3) is 0 Å². The smallest absolute Gasteiger partial charge is 0.0594 e. The van der Waals surface area contributed by atoms with Crippen molar-refractivity contribution in [2.24, 2.45) is 0 Å². The van der Waals surface area contributed by atoms with Crippen LogP contribution in [0.1, 0.15) is 20.3 Å². The van der Waals surface area contributed by atoms with Gasteiger partial charge < -0.3 is 4.74 Å². The van der Waals surface area contributed by atoms with Gasteiger partial charge in [0.2, 0.25) is 0 Å². The van der Waals surface area contributed by atoms with Crippen LogP contribution in [0.5, 0.6) is 0 Å². The van der Waals surface area contributed by atoms with Crippen molar-refractivity contribution >= 4 is 0 Å². The minimum absolute atomic E-state index is 0.740. The minimum Gasteiger partial charge on any atom is -0.379 e. The zero-order chi connectivity index (χ0) is 7.40. The molecule has 0 saturated carbocycles. The highest BCUT2D eigenvalue weighted by Gasteiger charge is 2.14. The minimum atomic E-state index is 0.740. The monoisotopic (exact) mass is 143 g/mol. The highest BCUT2D eigenvalue weighted by atomic mass is 16.5. The van der Waals surface area contributed by atoms with Gasteiger partial charge >= 0.3 is 0 Å². The first-order valence-corrected chi connectivity index (χ1v) is 4.16. The Kier molecular flexibility index (Phi) is 3.16. The summed E-state index contributed by atoms with van der Waals surface area (Å²) in [4.78, 5) is 2.49. The average molecular weight is 143 g/mol. The third-order valence-corrected chi connectivity index (χ3v) is 2.26. The summed E-state index contributed by atoms with van der Waals surface area (Å²) in [5, 5.41) is 0. The van der Waals surface area contributed by atoms with E-state index in [4.69, 9.17) is 4.74 Å². The Labute approximate surface area is 63.2 Å². The van der Waals surface area contributed by atoms with Crippen LogP contribution in [-0.4, -0.2) is 37.2 Å². The van der Waals surface area contributed by atoms with Crippen LogP contribution in [0.4, 0.5) is 0 Å². The van der Waals surface area contributed by atoms with Crippen LogP contribution in [0.3, 0.4) is 0 Å². The molecule has 1 fully saturated rings. The van der Waals surface area contributed by atoms with Gasteiger partial charge in [-0.2, -0.15) is 0 Å². The van der Waals surface area contributed by atoms with Crippen LogP contribution in [0.2, 0.25) is 0 Å². The van der Waals surface area contributed by atoms with Gasteiger partial charge in [-0.1, -0.05) is 6.92 Å². The number of nitrogens with zero attached hydrogens (tertiary/aromatic N) is 1. The molecule has 0 aromatic heterocycles. The normalized spacial score (nSPS) is 24.6. The van der Waals surface area contributed by atoms with Gasteiger partial charge in [0.25, 0.3) is 0 Å². The van der Waals surface area contributed by atoms with Crippen molar-refractivity contribution in [3.63, 3.8) is 0 Å². The van der Waals surface area contributed by atoms with Crippen molar-refractivity contribution in [1.29, 1.82) is 0 Å². The predicted molar refractivity (Wildman–Crippen MR) is 42.1 cm³/mol. The zero-order valence-electron chi connectivity index (χ0n) is 6.97. The number of hydrogen-bond acceptors (Lipinski definition) is 2. The Bertz CT molecular complexity index is 89.3. The molecule has 2 nitrogen and oxygen atoms in total. The van der Waals surface area contributed by atoms with Gasteiger partial charge in [-0.15, -0.1) is 0 Å². The van der Waals surface area contributed by atoms with Gasteiger partial charge in [-0.25, -0.2) is 0 Å². The van der Waals surface area contributed by atoms with E-state index in [1.54, 1.807) is 0 Å². The maximum Gasteiger partial charge on any atom is 0.0594 e. The van der Waals surface area contributed by atoms with Crippen molar-refractivity contribution in [3.05, 3.63) is 0 Å². The Morgan fingerprint density at radius 1 is 1.40 bits per heavy atom. The molecule has 1 aliphatic rings. The van der Waals surface area contributed by atoms with Gasteiger partial charge in [0.05, 0.1) is 13.2 Å². The molecule has 0 amide bonds. The number of hydrogen-bond donors (Lipinski definition) is 0. The second-order valence-electron chi connectivity index (χ2n) is 2.91. The Morgan fingerprint density at radius 2 is 2.00 bits per heavy atom. The van der Waals surface area contributed by atoms with Crippen molar-refractivity contribution in [3.8, 4) is 0 Å². The van der Waals surface area contributed by atoms with Crippen LogP contribution < -0.4 is 0 Å². The van der Waals surface area contributed by atoms with Gasteiger partial charge in [0.15, 0.2) is 0 Å². The predicted octanol–water partition coefficient (Wildman–Crippen LogP) is 1.12. The maximum atomic E-state index is 5.25. The fraction of sp³-hybridized carbons (Fsp3) is 1.00. The Morgan fingerprint density at radius 3 is 2.50 bits per heavy atom. The molecule has 0 radical (unpaired) electrons. The number of morpholine rings is 1. The lowest BCUT2D eigenvalue weighted by atomic mass is 10.2. The van der Waals surface area contributed by atoms with E-state index in [2.05, 4.69) is 18.7 Å². The highest BCUT2D eigenvalue weighted by Crippen LogP contribution is 2.05. The summed E-state index contributed by atoms with van der Waals surface area (Å²) in [6, 6.07) is 0.740. The van der Waals surface area contributed by atoms with E-state index in [0.717, 1.165) is 32.3 Å². The third-order valence-electron chi connectivity index (χ3n) is 2.26. The molecule has 60 valence electrons. The summed E-state index contributed by atoms with van der Waals surface area (Å²) >= 11 is 0. The molecule has 0 bridgehead atoms. The second-order valence-corrected chi connectivity index (χ2v) is 2.91. The van der Waals surface area contributed by atoms with Crippen molar-refractivity contribution in [2.75, 3.05) is 26.3 Å². The van der Waals surface area contributed by atoms with E-state index < -0.39 is 0 Å². The molecule has 1 saturated heterocycles. The molecule has 0 aromatic rings. The van der Waals surface area contributed by atoms with E-state index in [9.17, 15) is 0 Å². The molecule has 0 aromatic carbocycles. The largest absolute Gasteiger partial charge is 0.379 e. The highest BCUT2D eigenvalue weighted by molar-refractivity contribution is 4.67. The van der Waals surface area contributed by atoms with Crippen LogP contribution in [0.15, 0.2) is 0 Å². The Hall–Kier alpha value is -0.0800. The van der Waals surface area contributed by atoms with Crippen LogP contribution in [-0.2, 0) is 4.74 Å². The fourth-order valence-electron chi connectivity index (χ4n) is 1.28. The number of ether oxygens (including phenoxy) is 1. The average Bonchev–Trinajstić information content (AvgIpc) is 2.05. The van der Waals surface area contributed by atoms with Crippen LogP contribution >= 0.6 is 0 Å². The first-order valence-electron chi connectivity index (χ1n) is 4.16. The molecule has 1 heterocycles. The van der Waals surface area contributed by atoms with E-state index in [1.165, 1.54) is 6.42 Å². The second kappa shape index (κ2) is 3.94. The quantitative estimate of drug-likeness (QED) is 0.574. The van der Waals surface area contributed by atoms with Crippen molar-refractivity contribution in [2.45, 2.75) is 26.3 Å². The summed E-state index contributed by atoms with van der Waals surface area (Å²) < 4.78 is 5.25. The molecular formula is C8H17NO. The maximum absolute atomic E-state index is 5.25. The topological polar surface area (TPSA) is 12.5 Å². The lowest BCUT2D eigenvalue weighted by Crippen LogP contribution is -2.41. The molecule has 2 heteroatoms. The lowest BCUT2D eigenvalue weighted by Gasteiger charge is -2.31. The molecule has 0 N–H and O–H groups in total. The molecule has 1 atom stereocenters. The molecule has 0 spiro atoms. The fourth-order valence-corrected chi connectivity index (χ4v) is 1.28. The van der Waals surface area contributed by atoms with E-state index in [0.29, 0.717) is 0 Å². The molecule has 1 rings (SSSR count). The summed E-state index contributed by atoms with van der Waals surface area (Å²) in [6.07, 6.45) is 1.25. The van der Waals surface area contributed by atoms with Gasteiger partial charge in [0.1, 0.15) is 0 Å². The SMILES string of the molecule is CC[C@@H](C)N1CCOCC1. The van der Waals surface area contributed by atoms with Gasteiger partial charge in [-0.05, 0) is 13.3 Å². The van der Waals surface area contributed by atoms with E-state index in [-0.39, 0.29) is 0 Å². The number of rotatable bonds is 2. The van der Waals surface area contributed by atoms with Crippen molar-refractivity contribution < 1.29 is 4.74 Å². The summed E-state index contributed by atoms with van der Waals surface area (Å²) in [5.41, 5.74) is 0. The zero-order valence-corrected chi connectivity index (χ0v) is 6.97. The lowest BCUT2D eigenvalue weighted by molar-refractivity contribution is 0.0196. The Balaban J connectivity index is 2.24. The third kappa shape index (κ3) is 1.96. The van der Waals surface area contributed by atoms with E-state index in [1.807, 2.05) is 0 Å². The first kappa shape index (κ1) is 8.02.